The van der Waals surface area contributed by atoms with Gasteiger partial charge in [0.2, 0.25) is 5.91 Å². The summed E-state index contributed by atoms with van der Waals surface area (Å²) in [7, 11) is 1.67. The lowest BCUT2D eigenvalue weighted by Gasteiger charge is -2.36. The minimum atomic E-state index is 0.00605. The fourth-order valence-electron chi connectivity index (χ4n) is 3.44. The van der Waals surface area contributed by atoms with Crippen LogP contribution < -0.4 is 0 Å². The maximum atomic E-state index is 12.9. The summed E-state index contributed by atoms with van der Waals surface area (Å²) in [6.07, 6.45) is 3.16. The number of rotatable bonds is 3. The van der Waals surface area contributed by atoms with Crippen LogP contribution in [0.25, 0.3) is 0 Å². The van der Waals surface area contributed by atoms with Crippen LogP contribution in [0.3, 0.4) is 0 Å². The Kier molecular flexibility index (Phi) is 4.56. The number of hydrogen-bond donors (Lipinski definition) is 0. The van der Waals surface area contributed by atoms with Gasteiger partial charge in [-0.1, -0.05) is 24.3 Å². The lowest BCUT2D eigenvalue weighted by atomic mass is 9.82. The number of aryl methyl sites for hydroxylation is 1. The molecule has 1 aromatic rings. The van der Waals surface area contributed by atoms with Gasteiger partial charge >= 0.3 is 0 Å². The van der Waals surface area contributed by atoms with E-state index in [9.17, 15) is 4.79 Å². The molecule has 0 aromatic heterocycles. The smallest absolute Gasteiger partial charge is 0.230 e. The van der Waals surface area contributed by atoms with Gasteiger partial charge in [0.1, 0.15) is 0 Å². The predicted molar refractivity (Wildman–Crippen MR) is 80.3 cm³/mol. The van der Waals surface area contributed by atoms with Gasteiger partial charge in [-0.2, -0.15) is 0 Å². The monoisotopic (exact) mass is 289 g/mol. The average Bonchev–Trinajstić information content (AvgIpc) is 2.54. The molecule has 1 aromatic carbocycles. The lowest BCUT2D eigenvalue weighted by Crippen LogP contribution is -2.49. The van der Waals surface area contributed by atoms with Crippen molar-refractivity contribution in [3.8, 4) is 0 Å². The first-order chi connectivity index (χ1) is 10.3. The van der Waals surface area contributed by atoms with E-state index < -0.39 is 0 Å². The number of hydrogen-bond acceptors (Lipinski definition) is 3. The fraction of sp³-hybridized carbons (Fsp3) is 0.588. The fourth-order valence-corrected chi connectivity index (χ4v) is 3.44. The van der Waals surface area contributed by atoms with Gasteiger partial charge in [-0.15, -0.1) is 0 Å². The predicted octanol–water partition coefficient (Wildman–Crippen LogP) is 1.98. The van der Waals surface area contributed by atoms with Crippen molar-refractivity contribution in [1.29, 1.82) is 0 Å². The van der Waals surface area contributed by atoms with E-state index >= 15 is 0 Å². The zero-order valence-electron chi connectivity index (χ0n) is 12.6. The van der Waals surface area contributed by atoms with E-state index in [4.69, 9.17) is 9.47 Å². The first kappa shape index (κ1) is 14.5. The Morgan fingerprint density at radius 3 is 3.14 bits per heavy atom. The van der Waals surface area contributed by atoms with E-state index in [-0.39, 0.29) is 17.9 Å². The summed E-state index contributed by atoms with van der Waals surface area (Å²) in [6.45, 7) is 2.49. The third kappa shape index (κ3) is 3.11. The third-order valence-corrected chi connectivity index (χ3v) is 4.47. The lowest BCUT2D eigenvalue weighted by molar-refractivity contribution is -0.142. The summed E-state index contributed by atoms with van der Waals surface area (Å²) in [4.78, 5) is 14.9. The van der Waals surface area contributed by atoms with Crippen LogP contribution >= 0.6 is 0 Å². The molecule has 1 aliphatic carbocycles. The molecular formula is C17H23NO3. The molecule has 3 rings (SSSR count). The van der Waals surface area contributed by atoms with E-state index in [2.05, 4.69) is 18.2 Å². The maximum Gasteiger partial charge on any atom is 0.230 e. The second-order valence-electron chi connectivity index (χ2n) is 5.88. The Morgan fingerprint density at radius 1 is 1.43 bits per heavy atom. The first-order valence-electron chi connectivity index (χ1n) is 7.76. The highest BCUT2D eigenvalue weighted by atomic mass is 16.5. The number of benzene rings is 1. The largest absolute Gasteiger partial charge is 0.382 e. The number of carbonyl (C=O) groups excluding carboxylic acids is 1. The minimum Gasteiger partial charge on any atom is -0.382 e. The average molecular weight is 289 g/mol. The van der Waals surface area contributed by atoms with E-state index in [0.717, 1.165) is 19.3 Å². The van der Waals surface area contributed by atoms with E-state index in [1.807, 2.05) is 11.0 Å². The highest BCUT2D eigenvalue weighted by Crippen LogP contribution is 2.33. The number of ether oxygens (including phenoxy) is 2. The Morgan fingerprint density at radius 2 is 2.29 bits per heavy atom. The van der Waals surface area contributed by atoms with Crippen LogP contribution in [0.4, 0.5) is 0 Å². The van der Waals surface area contributed by atoms with Gasteiger partial charge in [0.05, 0.1) is 25.2 Å². The summed E-state index contributed by atoms with van der Waals surface area (Å²) >= 11 is 0. The third-order valence-electron chi connectivity index (χ3n) is 4.47. The number of carbonyl (C=O) groups is 1. The van der Waals surface area contributed by atoms with Crippen LogP contribution in [0.2, 0.25) is 0 Å². The highest BCUT2D eigenvalue weighted by molar-refractivity contribution is 5.84. The van der Waals surface area contributed by atoms with Gasteiger partial charge in [0, 0.05) is 20.2 Å². The molecule has 1 saturated heterocycles. The zero-order chi connectivity index (χ0) is 14.7. The molecule has 1 amide bonds. The minimum absolute atomic E-state index is 0.00605. The van der Waals surface area contributed by atoms with Crippen molar-refractivity contribution in [2.75, 3.05) is 33.4 Å². The maximum absolute atomic E-state index is 12.9. The van der Waals surface area contributed by atoms with E-state index in [0.29, 0.717) is 26.3 Å². The standard InChI is InChI=1S/C17H23NO3/c1-20-12-14-11-18(9-10-21-14)17(19)16-8-4-6-13-5-2-3-7-15(13)16/h2-3,5,7,14,16H,4,6,8-12H2,1H3. The van der Waals surface area contributed by atoms with Gasteiger partial charge in [-0.3, -0.25) is 4.79 Å². The molecule has 0 N–H and O–H groups in total. The van der Waals surface area contributed by atoms with Gasteiger partial charge < -0.3 is 14.4 Å². The molecule has 0 spiro atoms. The normalized spacial score (nSPS) is 25.5. The molecule has 2 atom stereocenters. The Bertz CT molecular complexity index is 501. The molecule has 1 heterocycles. The second-order valence-corrected chi connectivity index (χ2v) is 5.88. The second kappa shape index (κ2) is 6.58. The first-order valence-corrected chi connectivity index (χ1v) is 7.76. The number of amides is 1. The molecule has 0 radical (unpaired) electrons. The summed E-state index contributed by atoms with van der Waals surface area (Å²) < 4.78 is 10.8. The van der Waals surface area contributed by atoms with Gasteiger partial charge in [-0.25, -0.2) is 0 Å². The topological polar surface area (TPSA) is 38.8 Å². The Balaban J connectivity index is 1.74. The van der Waals surface area contributed by atoms with Crippen molar-refractivity contribution in [2.24, 2.45) is 0 Å². The van der Waals surface area contributed by atoms with Crippen molar-refractivity contribution in [1.82, 2.24) is 4.90 Å². The number of methoxy groups -OCH3 is 1. The molecule has 4 heteroatoms. The summed E-state index contributed by atoms with van der Waals surface area (Å²) in [5.41, 5.74) is 2.56. The SMILES string of the molecule is COCC1CN(C(=O)C2CCCc3ccccc32)CCO1. The molecular weight excluding hydrogens is 266 g/mol. The number of fused-ring (bicyclic) bond motifs is 1. The number of nitrogens with zero attached hydrogens (tertiary/aromatic N) is 1. The van der Waals surface area contributed by atoms with Crippen LogP contribution in [-0.4, -0.2) is 50.3 Å². The van der Waals surface area contributed by atoms with E-state index in [1.54, 1.807) is 7.11 Å². The van der Waals surface area contributed by atoms with Crippen molar-refractivity contribution < 1.29 is 14.3 Å². The van der Waals surface area contributed by atoms with E-state index in [1.165, 1.54) is 11.1 Å². The quantitative estimate of drug-likeness (QED) is 0.854. The Labute approximate surface area is 126 Å². The molecule has 1 fully saturated rings. The van der Waals surface area contributed by atoms with Crippen LogP contribution in [0.1, 0.15) is 29.9 Å². The summed E-state index contributed by atoms with van der Waals surface area (Å²) in [6, 6.07) is 8.37. The molecule has 4 nitrogen and oxygen atoms in total. The van der Waals surface area contributed by atoms with Crippen molar-refractivity contribution >= 4 is 5.91 Å². The molecule has 114 valence electrons. The van der Waals surface area contributed by atoms with Gasteiger partial charge in [0.15, 0.2) is 0 Å². The Hall–Kier alpha value is -1.39. The molecule has 0 saturated carbocycles. The van der Waals surface area contributed by atoms with Crippen molar-refractivity contribution in [3.63, 3.8) is 0 Å². The van der Waals surface area contributed by atoms with Crippen LogP contribution in [0.15, 0.2) is 24.3 Å². The van der Waals surface area contributed by atoms with Crippen LogP contribution in [0.5, 0.6) is 0 Å². The van der Waals surface area contributed by atoms with Crippen molar-refractivity contribution in [3.05, 3.63) is 35.4 Å². The zero-order valence-corrected chi connectivity index (χ0v) is 12.6. The molecule has 21 heavy (non-hydrogen) atoms. The molecule has 0 bridgehead atoms. The van der Waals surface area contributed by atoms with Crippen molar-refractivity contribution in [2.45, 2.75) is 31.3 Å². The summed E-state index contributed by atoms with van der Waals surface area (Å²) in [5.74, 6) is 0.280. The number of morpholine rings is 1. The summed E-state index contributed by atoms with van der Waals surface area (Å²) in [5, 5.41) is 0. The van der Waals surface area contributed by atoms with Crippen LogP contribution in [-0.2, 0) is 20.7 Å². The van der Waals surface area contributed by atoms with Crippen LogP contribution in [0, 0.1) is 0 Å². The highest BCUT2D eigenvalue weighted by Gasteiger charge is 2.32. The molecule has 2 unspecified atom stereocenters. The van der Waals surface area contributed by atoms with Gasteiger partial charge in [0.25, 0.3) is 0 Å². The molecule has 2 aliphatic rings. The molecule has 1 aliphatic heterocycles. The van der Waals surface area contributed by atoms with Gasteiger partial charge in [-0.05, 0) is 30.4 Å².